The topological polar surface area (TPSA) is 66.5 Å². The number of amides is 1. The minimum atomic E-state index is -3.61. The third kappa shape index (κ3) is 3.98. The summed E-state index contributed by atoms with van der Waals surface area (Å²) in [4.78, 5) is 13.2. The Labute approximate surface area is 177 Å². The summed E-state index contributed by atoms with van der Waals surface area (Å²) >= 11 is 0. The second-order valence-corrected chi connectivity index (χ2v) is 9.98. The molecule has 6 heteroatoms. The number of hydrogen-bond donors (Lipinski definition) is 1. The lowest BCUT2D eigenvalue weighted by atomic mass is 10.0. The van der Waals surface area contributed by atoms with Gasteiger partial charge in [0, 0.05) is 29.7 Å². The van der Waals surface area contributed by atoms with Crippen LogP contribution in [0.5, 0.6) is 0 Å². The third-order valence-electron chi connectivity index (χ3n) is 5.87. The van der Waals surface area contributed by atoms with Crippen LogP contribution in [0.4, 0.5) is 5.69 Å². The van der Waals surface area contributed by atoms with Crippen molar-refractivity contribution in [2.45, 2.75) is 31.6 Å². The van der Waals surface area contributed by atoms with E-state index >= 15 is 0 Å². The highest BCUT2D eigenvalue weighted by molar-refractivity contribution is 7.89. The molecule has 1 aliphatic heterocycles. The monoisotopic (exact) mass is 422 g/mol. The van der Waals surface area contributed by atoms with Crippen LogP contribution < -0.4 is 5.32 Å². The molecule has 0 aliphatic carbocycles. The lowest BCUT2D eigenvalue weighted by Crippen LogP contribution is -2.38. The molecule has 30 heavy (non-hydrogen) atoms. The molecule has 0 bridgehead atoms. The lowest BCUT2D eigenvalue weighted by molar-refractivity contribution is 0.102. The van der Waals surface area contributed by atoms with Crippen molar-refractivity contribution >= 4 is 32.4 Å². The Bertz CT molecular complexity index is 1190. The van der Waals surface area contributed by atoms with Crippen LogP contribution in [-0.4, -0.2) is 31.7 Å². The van der Waals surface area contributed by atoms with E-state index in [9.17, 15) is 13.2 Å². The highest BCUT2D eigenvalue weighted by Gasteiger charge is 2.29. The SMILES string of the molecule is Cc1ccc(S(=O)(=O)N2CCC(C)CC2)cc1C(=O)Nc1cccc2ccccc12. The molecule has 1 N–H and O–H groups in total. The Balaban J connectivity index is 1.64. The van der Waals surface area contributed by atoms with Gasteiger partial charge in [-0.1, -0.05) is 49.4 Å². The molecule has 1 aliphatic rings. The summed E-state index contributed by atoms with van der Waals surface area (Å²) in [6.07, 6.45) is 1.72. The minimum absolute atomic E-state index is 0.172. The molecule has 5 nitrogen and oxygen atoms in total. The zero-order chi connectivity index (χ0) is 21.3. The standard InChI is InChI=1S/C24H26N2O3S/c1-17-12-14-26(15-13-17)30(28,29)20-11-10-18(2)22(16-20)24(27)25-23-9-5-7-19-6-3-4-8-21(19)23/h3-11,16-17H,12-15H2,1-2H3,(H,25,27). The van der Waals surface area contributed by atoms with E-state index in [2.05, 4.69) is 12.2 Å². The molecule has 0 unspecified atom stereocenters. The van der Waals surface area contributed by atoms with Crippen molar-refractivity contribution < 1.29 is 13.2 Å². The molecule has 0 spiro atoms. The van der Waals surface area contributed by atoms with Gasteiger partial charge in [0.15, 0.2) is 0 Å². The van der Waals surface area contributed by atoms with Gasteiger partial charge in [0.1, 0.15) is 0 Å². The van der Waals surface area contributed by atoms with Crippen LogP contribution in [0.1, 0.15) is 35.7 Å². The summed E-state index contributed by atoms with van der Waals surface area (Å²) in [7, 11) is -3.61. The van der Waals surface area contributed by atoms with Crippen LogP contribution in [-0.2, 0) is 10.0 Å². The van der Waals surface area contributed by atoms with E-state index in [4.69, 9.17) is 0 Å². The molecule has 3 aromatic rings. The van der Waals surface area contributed by atoms with Crippen LogP contribution in [0.15, 0.2) is 65.6 Å². The van der Waals surface area contributed by atoms with Crippen LogP contribution in [0, 0.1) is 12.8 Å². The third-order valence-corrected chi connectivity index (χ3v) is 7.77. The number of benzene rings is 3. The predicted octanol–water partition coefficient (Wildman–Crippen LogP) is 4.82. The van der Waals surface area contributed by atoms with E-state index in [1.54, 1.807) is 12.1 Å². The second kappa shape index (κ2) is 8.20. The van der Waals surface area contributed by atoms with Crippen molar-refractivity contribution in [1.29, 1.82) is 0 Å². The molecular weight excluding hydrogens is 396 g/mol. The molecule has 3 aromatic carbocycles. The van der Waals surface area contributed by atoms with Crippen molar-refractivity contribution in [1.82, 2.24) is 4.31 Å². The van der Waals surface area contributed by atoms with Crippen molar-refractivity contribution in [2.75, 3.05) is 18.4 Å². The smallest absolute Gasteiger partial charge is 0.255 e. The van der Waals surface area contributed by atoms with Gasteiger partial charge < -0.3 is 5.32 Å². The number of rotatable bonds is 4. The minimum Gasteiger partial charge on any atom is -0.321 e. The van der Waals surface area contributed by atoms with Crippen LogP contribution in [0.25, 0.3) is 10.8 Å². The Morgan fingerprint density at radius 3 is 2.47 bits per heavy atom. The van der Waals surface area contributed by atoms with Gasteiger partial charge in [-0.25, -0.2) is 8.42 Å². The fourth-order valence-electron chi connectivity index (χ4n) is 3.90. The van der Waals surface area contributed by atoms with E-state index in [1.165, 1.54) is 10.4 Å². The number of hydrogen-bond acceptors (Lipinski definition) is 3. The molecule has 1 amide bonds. The van der Waals surface area contributed by atoms with Gasteiger partial charge in [0.2, 0.25) is 10.0 Å². The maximum absolute atomic E-state index is 13.1. The second-order valence-electron chi connectivity index (χ2n) is 8.04. The van der Waals surface area contributed by atoms with Crippen LogP contribution >= 0.6 is 0 Å². The van der Waals surface area contributed by atoms with Gasteiger partial charge >= 0.3 is 0 Å². The number of aryl methyl sites for hydroxylation is 1. The molecular formula is C24H26N2O3S. The van der Waals surface area contributed by atoms with E-state index in [1.807, 2.05) is 49.4 Å². The molecule has 0 radical (unpaired) electrons. The van der Waals surface area contributed by atoms with Gasteiger partial charge in [-0.2, -0.15) is 4.31 Å². The molecule has 1 heterocycles. The average Bonchev–Trinajstić information content (AvgIpc) is 2.74. The molecule has 0 saturated carbocycles. The van der Waals surface area contributed by atoms with Gasteiger partial charge in [-0.05, 0) is 54.8 Å². The summed E-state index contributed by atoms with van der Waals surface area (Å²) in [5, 5.41) is 4.93. The van der Waals surface area contributed by atoms with Gasteiger partial charge in [0.05, 0.1) is 4.90 Å². The summed E-state index contributed by atoms with van der Waals surface area (Å²) < 4.78 is 27.7. The first kappa shape index (κ1) is 20.6. The number of nitrogens with zero attached hydrogens (tertiary/aromatic N) is 1. The number of anilines is 1. The van der Waals surface area contributed by atoms with Gasteiger partial charge in [-0.3, -0.25) is 4.79 Å². The van der Waals surface area contributed by atoms with Crippen molar-refractivity contribution in [3.05, 3.63) is 71.8 Å². The normalized spacial score (nSPS) is 15.9. The molecule has 0 aromatic heterocycles. The number of nitrogens with one attached hydrogen (secondary N) is 1. The van der Waals surface area contributed by atoms with Crippen LogP contribution in [0.2, 0.25) is 0 Å². The van der Waals surface area contributed by atoms with Crippen molar-refractivity contribution in [3.8, 4) is 0 Å². The number of sulfonamides is 1. The molecule has 156 valence electrons. The Morgan fingerprint density at radius 2 is 1.70 bits per heavy atom. The maximum atomic E-state index is 13.1. The molecule has 4 rings (SSSR count). The predicted molar refractivity (Wildman–Crippen MR) is 120 cm³/mol. The summed E-state index contributed by atoms with van der Waals surface area (Å²) in [5.41, 5.74) is 1.81. The van der Waals surface area contributed by atoms with Crippen molar-refractivity contribution in [3.63, 3.8) is 0 Å². The summed E-state index contributed by atoms with van der Waals surface area (Å²) in [6, 6.07) is 18.4. The lowest BCUT2D eigenvalue weighted by Gasteiger charge is -2.29. The zero-order valence-corrected chi connectivity index (χ0v) is 18.1. The summed E-state index contributed by atoms with van der Waals surface area (Å²) in [5.74, 6) is 0.227. The van der Waals surface area contributed by atoms with E-state index < -0.39 is 10.0 Å². The Hall–Kier alpha value is -2.70. The largest absolute Gasteiger partial charge is 0.321 e. The van der Waals surface area contributed by atoms with Gasteiger partial charge in [-0.15, -0.1) is 0 Å². The first-order valence-electron chi connectivity index (χ1n) is 10.3. The number of piperidine rings is 1. The first-order chi connectivity index (χ1) is 14.4. The number of carbonyl (C=O) groups excluding carboxylic acids is 1. The number of carbonyl (C=O) groups is 1. The number of fused-ring (bicyclic) bond motifs is 1. The molecule has 1 saturated heterocycles. The fourth-order valence-corrected chi connectivity index (χ4v) is 5.40. The van der Waals surface area contributed by atoms with E-state index in [0.717, 1.165) is 29.2 Å². The highest BCUT2D eigenvalue weighted by atomic mass is 32.2. The summed E-state index contributed by atoms with van der Waals surface area (Å²) in [6.45, 7) is 5.01. The van der Waals surface area contributed by atoms with Gasteiger partial charge in [0.25, 0.3) is 5.91 Å². The quantitative estimate of drug-likeness (QED) is 0.655. The van der Waals surface area contributed by atoms with Crippen molar-refractivity contribution in [2.24, 2.45) is 5.92 Å². The molecule has 0 atom stereocenters. The fraction of sp³-hybridized carbons (Fsp3) is 0.292. The highest BCUT2D eigenvalue weighted by Crippen LogP contribution is 2.27. The zero-order valence-electron chi connectivity index (χ0n) is 17.3. The average molecular weight is 423 g/mol. The van der Waals surface area contributed by atoms with E-state index in [-0.39, 0.29) is 10.8 Å². The van der Waals surface area contributed by atoms with E-state index in [0.29, 0.717) is 30.3 Å². The Kier molecular flexibility index (Phi) is 5.62. The Morgan fingerprint density at radius 1 is 1.00 bits per heavy atom. The maximum Gasteiger partial charge on any atom is 0.255 e. The van der Waals surface area contributed by atoms with Crippen LogP contribution in [0.3, 0.4) is 0 Å². The molecule has 1 fully saturated rings. The first-order valence-corrected chi connectivity index (χ1v) is 11.7.